The van der Waals surface area contributed by atoms with Gasteiger partial charge in [-0.2, -0.15) is 5.06 Å². The molecule has 26 heavy (non-hydrogen) atoms. The van der Waals surface area contributed by atoms with E-state index in [1.54, 1.807) is 11.4 Å². The van der Waals surface area contributed by atoms with Gasteiger partial charge in [0.15, 0.2) is 6.17 Å². The number of halogens is 3. The molecule has 0 aliphatic carbocycles. The smallest absolute Gasteiger partial charge is 0.423 e. The fourth-order valence-corrected chi connectivity index (χ4v) is 4.14. The number of hydrogen-bond acceptors (Lipinski definition) is 6. The normalized spacial score (nSPS) is 17.2. The molecule has 0 bridgehead atoms. The second-order valence-corrected chi connectivity index (χ2v) is 7.27. The number of benzene rings is 1. The van der Waals surface area contributed by atoms with E-state index in [0.29, 0.717) is 14.4 Å². The average Bonchev–Trinajstić information content (AvgIpc) is 3.11. The Morgan fingerprint density at radius 2 is 2.04 bits per heavy atom. The van der Waals surface area contributed by atoms with Gasteiger partial charge in [-0.1, -0.05) is 6.07 Å². The Hall–Kier alpha value is -1.86. The molecular weight excluding hydrogens is 437 g/mol. The molecule has 3 N–H and O–H groups in total. The van der Waals surface area contributed by atoms with Crippen LogP contribution in [0.25, 0.3) is 0 Å². The van der Waals surface area contributed by atoms with Crippen LogP contribution in [-0.4, -0.2) is 50.7 Å². The SMILES string of the molecule is O=C1CN(C(=O)c2c(F)ccc(B(O)O)c2F)C(c2cc(Br)cs2)N1O. The maximum Gasteiger partial charge on any atom is 0.491 e. The number of carbonyl (C=O) groups excluding carboxylic acids is 2. The number of thiophene rings is 1. The minimum absolute atomic E-state index is 0.316. The second-order valence-electron chi connectivity index (χ2n) is 5.41. The fourth-order valence-electron chi connectivity index (χ4n) is 2.60. The summed E-state index contributed by atoms with van der Waals surface area (Å²) in [5.41, 5.74) is -1.73. The van der Waals surface area contributed by atoms with Crippen LogP contribution in [-0.2, 0) is 4.79 Å². The van der Waals surface area contributed by atoms with E-state index in [4.69, 9.17) is 10.0 Å². The first-order valence-corrected chi connectivity index (χ1v) is 8.79. The van der Waals surface area contributed by atoms with Crippen LogP contribution in [0, 0.1) is 11.6 Å². The van der Waals surface area contributed by atoms with Crippen molar-refractivity contribution >= 4 is 51.7 Å². The van der Waals surface area contributed by atoms with E-state index in [1.807, 2.05) is 0 Å². The van der Waals surface area contributed by atoms with Crippen molar-refractivity contribution in [2.75, 3.05) is 6.54 Å². The van der Waals surface area contributed by atoms with E-state index in [-0.39, 0.29) is 0 Å². The monoisotopic (exact) mass is 446 g/mol. The Balaban J connectivity index is 2.06. The van der Waals surface area contributed by atoms with Crippen molar-refractivity contribution in [1.82, 2.24) is 9.96 Å². The third-order valence-electron chi connectivity index (χ3n) is 3.80. The molecule has 1 aromatic carbocycles. The van der Waals surface area contributed by atoms with E-state index in [2.05, 4.69) is 15.9 Å². The molecule has 2 aromatic rings. The van der Waals surface area contributed by atoms with Crippen LogP contribution < -0.4 is 5.46 Å². The molecular formula is C14H10BBrF2N2O5S. The number of rotatable bonds is 3. The lowest BCUT2D eigenvalue weighted by atomic mass is 9.79. The summed E-state index contributed by atoms with van der Waals surface area (Å²) in [5, 5.41) is 30.2. The van der Waals surface area contributed by atoms with E-state index >= 15 is 0 Å². The summed E-state index contributed by atoms with van der Waals surface area (Å²) in [7, 11) is -2.25. The second kappa shape index (κ2) is 7.04. The maximum absolute atomic E-state index is 14.4. The van der Waals surface area contributed by atoms with Crippen LogP contribution in [0.2, 0.25) is 0 Å². The van der Waals surface area contributed by atoms with Gasteiger partial charge in [0, 0.05) is 15.3 Å². The van der Waals surface area contributed by atoms with Crippen molar-refractivity contribution in [2.45, 2.75) is 6.17 Å². The van der Waals surface area contributed by atoms with E-state index in [1.165, 1.54) is 0 Å². The van der Waals surface area contributed by atoms with Crippen LogP contribution in [0.1, 0.15) is 21.4 Å². The highest BCUT2D eigenvalue weighted by molar-refractivity contribution is 9.10. The average molecular weight is 447 g/mol. The Labute approximate surface area is 158 Å². The van der Waals surface area contributed by atoms with Crippen molar-refractivity contribution in [3.8, 4) is 0 Å². The molecule has 1 unspecified atom stereocenters. The number of hydrogen-bond donors (Lipinski definition) is 3. The molecule has 0 radical (unpaired) electrons. The minimum Gasteiger partial charge on any atom is -0.423 e. The molecule has 0 spiro atoms. The van der Waals surface area contributed by atoms with E-state index in [9.17, 15) is 23.6 Å². The summed E-state index contributed by atoms with van der Waals surface area (Å²) in [6, 6.07) is 3.07. The van der Waals surface area contributed by atoms with Crippen LogP contribution in [0.4, 0.5) is 8.78 Å². The summed E-state index contributed by atoms with van der Waals surface area (Å²) in [4.78, 5) is 25.8. The summed E-state index contributed by atoms with van der Waals surface area (Å²) in [6.45, 7) is -0.597. The first kappa shape index (κ1) is 18.9. The predicted octanol–water partition coefficient (Wildman–Crippen LogP) is 0.841. The lowest BCUT2D eigenvalue weighted by molar-refractivity contribution is -0.168. The van der Waals surface area contributed by atoms with Gasteiger partial charge < -0.3 is 14.9 Å². The van der Waals surface area contributed by atoms with Crippen LogP contribution in [0.3, 0.4) is 0 Å². The first-order valence-electron chi connectivity index (χ1n) is 7.12. The molecule has 1 fully saturated rings. The third-order valence-corrected chi connectivity index (χ3v) is 5.54. The Morgan fingerprint density at radius 1 is 1.35 bits per heavy atom. The van der Waals surface area contributed by atoms with E-state index < -0.39 is 54.3 Å². The van der Waals surface area contributed by atoms with Gasteiger partial charge in [0.25, 0.3) is 11.8 Å². The van der Waals surface area contributed by atoms with Crippen LogP contribution >= 0.6 is 27.3 Å². The molecule has 7 nitrogen and oxygen atoms in total. The molecule has 1 aromatic heterocycles. The summed E-state index contributed by atoms with van der Waals surface area (Å²) >= 11 is 4.33. The van der Waals surface area contributed by atoms with Crippen molar-refractivity contribution in [1.29, 1.82) is 0 Å². The highest BCUT2D eigenvalue weighted by Crippen LogP contribution is 2.36. The van der Waals surface area contributed by atoms with Gasteiger partial charge in [0.1, 0.15) is 23.7 Å². The Morgan fingerprint density at radius 3 is 2.62 bits per heavy atom. The number of hydroxylamine groups is 2. The van der Waals surface area contributed by atoms with Gasteiger partial charge in [-0.05, 0) is 28.1 Å². The van der Waals surface area contributed by atoms with Gasteiger partial charge in [-0.25, -0.2) is 8.78 Å². The van der Waals surface area contributed by atoms with Crippen LogP contribution in [0.15, 0.2) is 28.1 Å². The summed E-state index contributed by atoms with van der Waals surface area (Å²) in [6.07, 6.45) is -1.26. The van der Waals surface area contributed by atoms with Gasteiger partial charge in [0.2, 0.25) is 0 Å². The highest BCUT2D eigenvalue weighted by Gasteiger charge is 2.44. The Bertz CT molecular complexity index is 896. The van der Waals surface area contributed by atoms with Crippen LogP contribution in [0.5, 0.6) is 0 Å². The van der Waals surface area contributed by atoms with Gasteiger partial charge in [0.05, 0.1) is 4.88 Å². The predicted molar refractivity (Wildman–Crippen MR) is 90.6 cm³/mol. The lowest BCUT2D eigenvalue weighted by Gasteiger charge is -2.25. The third kappa shape index (κ3) is 3.14. The number of amides is 2. The van der Waals surface area contributed by atoms with Gasteiger partial charge in [-0.15, -0.1) is 11.3 Å². The molecule has 2 amide bonds. The summed E-state index contributed by atoms with van der Waals surface area (Å²) in [5.74, 6) is -4.71. The standard InChI is InChI=1S/C14H10BBrF2N2O5S/c16-6-3-9(26-5-6)13-19(4-10(21)20(13)25)14(22)11-8(17)2-1-7(12(11)18)15(23)24/h1-3,5,13,23-25H,4H2. The molecule has 1 saturated heterocycles. The number of carbonyl (C=O) groups is 2. The van der Waals surface area contributed by atoms with Crippen molar-refractivity contribution in [3.63, 3.8) is 0 Å². The van der Waals surface area contributed by atoms with Crippen molar-refractivity contribution in [2.24, 2.45) is 0 Å². The molecule has 0 saturated carbocycles. The molecule has 1 aliphatic heterocycles. The summed E-state index contributed by atoms with van der Waals surface area (Å²) < 4.78 is 29.2. The van der Waals surface area contributed by atoms with Crippen molar-refractivity contribution < 1.29 is 33.6 Å². The highest BCUT2D eigenvalue weighted by atomic mass is 79.9. The molecule has 2 heterocycles. The largest absolute Gasteiger partial charge is 0.491 e. The zero-order valence-corrected chi connectivity index (χ0v) is 15.2. The van der Waals surface area contributed by atoms with Gasteiger partial charge in [-0.3, -0.25) is 14.8 Å². The molecule has 136 valence electrons. The molecule has 1 atom stereocenters. The van der Waals surface area contributed by atoms with Crippen molar-refractivity contribution in [3.05, 3.63) is 50.1 Å². The minimum atomic E-state index is -2.25. The molecule has 3 rings (SSSR count). The lowest BCUT2D eigenvalue weighted by Crippen LogP contribution is -2.39. The zero-order chi connectivity index (χ0) is 19.2. The Kier molecular flexibility index (Phi) is 5.13. The van der Waals surface area contributed by atoms with E-state index in [0.717, 1.165) is 28.4 Å². The maximum atomic E-state index is 14.4. The first-order chi connectivity index (χ1) is 12.2. The quantitative estimate of drug-likeness (QED) is 0.479. The zero-order valence-electron chi connectivity index (χ0n) is 12.8. The van der Waals surface area contributed by atoms with Gasteiger partial charge >= 0.3 is 7.12 Å². The number of nitrogens with zero attached hydrogens (tertiary/aromatic N) is 2. The fraction of sp³-hybridized carbons (Fsp3) is 0.143. The molecule has 1 aliphatic rings. The topological polar surface area (TPSA) is 101 Å². The molecule has 12 heteroatoms.